The third-order valence-corrected chi connectivity index (χ3v) is 4.20. The number of nitrogens with zero attached hydrogens (tertiary/aromatic N) is 1. The highest BCUT2D eigenvalue weighted by atomic mass is 19.3. The van der Waals surface area contributed by atoms with Crippen LogP contribution >= 0.6 is 0 Å². The average Bonchev–Trinajstić information content (AvgIpc) is 2.50. The van der Waals surface area contributed by atoms with Crippen LogP contribution in [-0.4, -0.2) is 33.6 Å². The van der Waals surface area contributed by atoms with E-state index in [9.17, 15) is 18.7 Å². The Hall–Kier alpha value is -1.76. The Morgan fingerprint density at radius 2 is 2.26 bits per heavy atom. The second-order valence-electron chi connectivity index (χ2n) is 5.98. The number of halogens is 2. The summed E-state index contributed by atoms with van der Waals surface area (Å²) >= 11 is 0. The summed E-state index contributed by atoms with van der Waals surface area (Å²) in [4.78, 5) is 15.8. The van der Waals surface area contributed by atoms with Crippen molar-refractivity contribution in [2.75, 3.05) is 0 Å². The predicted molar refractivity (Wildman–Crippen MR) is 80.2 cm³/mol. The molecule has 1 heterocycles. The van der Waals surface area contributed by atoms with Gasteiger partial charge in [0.2, 0.25) is 5.88 Å². The summed E-state index contributed by atoms with van der Waals surface area (Å²) in [6.45, 7) is 3.79. The maximum atomic E-state index is 13.9. The van der Waals surface area contributed by atoms with E-state index in [4.69, 9.17) is 4.74 Å². The van der Waals surface area contributed by atoms with Crippen LogP contribution in [0.3, 0.4) is 0 Å². The normalized spacial score (nSPS) is 18.0. The number of alkyl halides is 2. The van der Waals surface area contributed by atoms with Crippen LogP contribution in [0.25, 0.3) is 0 Å². The highest BCUT2D eigenvalue weighted by Gasteiger charge is 2.61. The lowest BCUT2D eigenvalue weighted by Crippen LogP contribution is -2.60. The number of carbonyl (C=O) groups excluding carboxylic acids is 1. The van der Waals surface area contributed by atoms with Crippen molar-refractivity contribution in [3.63, 3.8) is 0 Å². The molecule has 0 spiro atoms. The van der Waals surface area contributed by atoms with Crippen molar-refractivity contribution < 1.29 is 23.4 Å². The number of nitrogens with one attached hydrogen (secondary N) is 1. The lowest BCUT2D eigenvalue weighted by molar-refractivity contribution is -0.216. The van der Waals surface area contributed by atoms with Gasteiger partial charge in [0.1, 0.15) is 5.60 Å². The van der Waals surface area contributed by atoms with Gasteiger partial charge in [-0.3, -0.25) is 4.79 Å². The molecular formula is C16H22F2N2O3. The number of hydrogen-bond acceptors (Lipinski definition) is 4. The lowest BCUT2D eigenvalue weighted by Gasteiger charge is -2.41. The van der Waals surface area contributed by atoms with E-state index in [0.29, 0.717) is 17.9 Å². The largest absolute Gasteiger partial charge is 0.475 e. The molecule has 128 valence electrons. The Balaban J connectivity index is 1.95. The van der Waals surface area contributed by atoms with E-state index in [-0.39, 0.29) is 25.5 Å². The zero-order chi connectivity index (χ0) is 17.1. The number of aliphatic hydroxyl groups is 1. The van der Waals surface area contributed by atoms with Gasteiger partial charge in [-0.05, 0) is 44.2 Å². The van der Waals surface area contributed by atoms with Crippen molar-refractivity contribution >= 4 is 5.91 Å². The van der Waals surface area contributed by atoms with Crippen LogP contribution in [0.4, 0.5) is 8.78 Å². The molecule has 5 nitrogen and oxygen atoms in total. The van der Waals surface area contributed by atoms with Gasteiger partial charge in [-0.1, -0.05) is 6.92 Å². The number of carbonyl (C=O) groups is 1. The molecule has 1 fully saturated rings. The first-order chi connectivity index (χ1) is 10.8. The number of rotatable bonds is 7. The summed E-state index contributed by atoms with van der Waals surface area (Å²) in [6, 6.07) is 3.21. The van der Waals surface area contributed by atoms with E-state index in [0.717, 1.165) is 6.42 Å². The molecule has 0 aliphatic heterocycles. The van der Waals surface area contributed by atoms with Gasteiger partial charge in [0.05, 0.1) is 6.10 Å². The summed E-state index contributed by atoms with van der Waals surface area (Å²) in [5, 5.41) is 11.9. The lowest BCUT2D eigenvalue weighted by atomic mass is 9.75. The Morgan fingerprint density at radius 1 is 1.57 bits per heavy atom. The van der Waals surface area contributed by atoms with Crippen LogP contribution in [0.1, 0.15) is 45.1 Å². The molecule has 23 heavy (non-hydrogen) atoms. The minimum atomic E-state index is -3.78. The number of aromatic nitrogens is 1. The number of pyridine rings is 1. The van der Waals surface area contributed by atoms with Gasteiger partial charge >= 0.3 is 5.92 Å². The van der Waals surface area contributed by atoms with Gasteiger partial charge in [-0.15, -0.1) is 0 Å². The number of ether oxygens (including phenoxy) is 1. The minimum Gasteiger partial charge on any atom is -0.475 e. The van der Waals surface area contributed by atoms with Crippen LogP contribution in [0, 0.1) is 0 Å². The Kier molecular flexibility index (Phi) is 5.19. The highest BCUT2D eigenvalue weighted by molar-refractivity contribution is 5.85. The Morgan fingerprint density at radius 3 is 2.83 bits per heavy atom. The number of hydrogen-bond donors (Lipinski definition) is 2. The molecule has 1 amide bonds. The Labute approximate surface area is 134 Å². The van der Waals surface area contributed by atoms with Gasteiger partial charge < -0.3 is 15.2 Å². The fraction of sp³-hybridized carbons (Fsp3) is 0.625. The molecule has 1 aromatic heterocycles. The summed E-state index contributed by atoms with van der Waals surface area (Å²) in [5.74, 6) is -4.86. The van der Waals surface area contributed by atoms with E-state index < -0.39 is 17.4 Å². The molecule has 1 atom stereocenters. The van der Waals surface area contributed by atoms with Crippen molar-refractivity contribution in [1.29, 1.82) is 0 Å². The first-order valence-electron chi connectivity index (χ1n) is 7.78. The van der Waals surface area contributed by atoms with Crippen LogP contribution < -0.4 is 10.1 Å². The number of amides is 1. The van der Waals surface area contributed by atoms with Gasteiger partial charge in [0.15, 0.2) is 0 Å². The molecule has 1 unspecified atom stereocenters. The van der Waals surface area contributed by atoms with Crippen LogP contribution in [-0.2, 0) is 11.3 Å². The second kappa shape index (κ2) is 6.78. The van der Waals surface area contributed by atoms with Crippen LogP contribution in [0.2, 0.25) is 0 Å². The third kappa shape index (κ3) is 3.77. The van der Waals surface area contributed by atoms with Gasteiger partial charge in [0, 0.05) is 18.8 Å². The van der Waals surface area contributed by atoms with E-state index >= 15 is 0 Å². The van der Waals surface area contributed by atoms with Crippen molar-refractivity contribution in [1.82, 2.24) is 10.3 Å². The first kappa shape index (κ1) is 17.6. The molecule has 1 aliphatic carbocycles. The van der Waals surface area contributed by atoms with Gasteiger partial charge in [0.25, 0.3) is 5.91 Å². The smallest absolute Gasteiger partial charge is 0.352 e. The summed E-state index contributed by atoms with van der Waals surface area (Å²) in [5.41, 5.74) is -1.61. The molecule has 1 aromatic rings. The zero-order valence-electron chi connectivity index (χ0n) is 13.3. The Bertz CT molecular complexity index is 562. The van der Waals surface area contributed by atoms with Crippen molar-refractivity contribution in [3.8, 4) is 5.88 Å². The highest BCUT2D eigenvalue weighted by Crippen LogP contribution is 2.44. The van der Waals surface area contributed by atoms with Crippen LogP contribution in [0.5, 0.6) is 5.88 Å². The maximum Gasteiger partial charge on any atom is 0.352 e. The average molecular weight is 328 g/mol. The van der Waals surface area contributed by atoms with Crippen molar-refractivity contribution in [2.45, 2.75) is 63.7 Å². The molecule has 1 saturated carbocycles. The molecule has 2 N–H and O–H groups in total. The van der Waals surface area contributed by atoms with E-state index in [1.807, 2.05) is 13.8 Å². The minimum absolute atomic E-state index is 0.00969. The molecule has 0 radical (unpaired) electrons. The fourth-order valence-corrected chi connectivity index (χ4v) is 2.24. The summed E-state index contributed by atoms with van der Waals surface area (Å²) in [7, 11) is 0. The van der Waals surface area contributed by atoms with Gasteiger partial charge in [-0.2, -0.15) is 8.78 Å². The SMILES string of the molecule is CCC(C)Oc1cc(CNC(=O)C(F)(F)C2(O)CCC2)ccn1. The summed E-state index contributed by atoms with van der Waals surface area (Å²) < 4.78 is 33.4. The molecule has 0 bridgehead atoms. The fourth-order valence-electron chi connectivity index (χ4n) is 2.24. The van der Waals surface area contributed by atoms with E-state index in [1.165, 1.54) is 6.20 Å². The standard InChI is InChI=1S/C16H22F2N2O3/c1-3-11(2)23-13-9-12(5-8-19-13)10-20-14(21)16(17,18)15(22)6-4-7-15/h5,8-9,11,22H,3-4,6-7,10H2,1-2H3,(H,20,21). The third-order valence-electron chi connectivity index (χ3n) is 4.20. The van der Waals surface area contributed by atoms with E-state index in [2.05, 4.69) is 10.3 Å². The summed E-state index contributed by atoms with van der Waals surface area (Å²) in [6.07, 6.45) is 2.68. The quantitative estimate of drug-likeness (QED) is 0.806. The van der Waals surface area contributed by atoms with Crippen molar-refractivity contribution in [2.24, 2.45) is 0 Å². The van der Waals surface area contributed by atoms with Crippen LogP contribution in [0.15, 0.2) is 18.3 Å². The predicted octanol–water partition coefficient (Wildman–Crippen LogP) is 2.43. The van der Waals surface area contributed by atoms with E-state index in [1.54, 1.807) is 12.1 Å². The molecular weight excluding hydrogens is 306 g/mol. The molecule has 0 saturated heterocycles. The molecule has 2 rings (SSSR count). The second-order valence-corrected chi connectivity index (χ2v) is 5.98. The monoisotopic (exact) mass is 328 g/mol. The molecule has 7 heteroatoms. The maximum absolute atomic E-state index is 13.9. The van der Waals surface area contributed by atoms with Gasteiger partial charge in [-0.25, -0.2) is 4.98 Å². The van der Waals surface area contributed by atoms with Crippen molar-refractivity contribution in [3.05, 3.63) is 23.9 Å². The first-order valence-corrected chi connectivity index (χ1v) is 7.78. The zero-order valence-corrected chi connectivity index (χ0v) is 13.3. The molecule has 0 aromatic carbocycles. The topological polar surface area (TPSA) is 71.5 Å². The molecule has 1 aliphatic rings.